The summed E-state index contributed by atoms with van der Waals surface area (Å²) in [6.07, 6.45) is 1.62. The number of nitrogens with zero attached hydrogens (tertiary/aromatic N) is 7. The number of fused-ring (bicyclic) bond motifs is 1. The van der Waals surface area contributed by atoms with Crippen LogP contribution in [0.2, 0.25) is 0 Å². The average molecular weight is 474 g/mol. The molecule has 1 saturated heterocycles. The van der Waals surface area contributed by atoms with Crippen molar-refractivity contribution in [1.29, 1.82) is 0 Å². The van der Waals surface area contributed by atoms with Crippen molar-refractivity contribution in [1.82, 2.24) is 29.9 Å². The summed E-state index contributed by atoms with van der Waals surface area (Å²) in [5, 5.41) is 8.67. The zero-order valence-electron chi connectivity index (χ0n) is 20.0. The summed E-state index contributed by atoms with van der Waals surface area (Å²) >= 11 is 0. The predicted molar refractivity (Wildman–Crippen MR) is 131 cm³/mol. The third-order valence-electron chi connectivity index (χ3n) is 5.87. The second-order valence-electron chi connectivity index (χ2n) is 8.54. The maximum atomic E-state index is 13.0. The average Bonchev–Trinajstić information content (AvgIpc) is 3.33. The third kappa shape index (κ3) is 4.59. The highest BCUT2D eigenvalue weighted by molar-refractivity contribution is 5.94. The van der Waals surface area contributed by atoms with Gasteiger partial charge in [0.05, 0.1) is 18.9 Å². The molecule has 4 aromatic rings. The molecular weight excluding hydrogens is 446 g/mol. The lowest BCUT2D eigenvalue weighted by Crippen LogP contribution is -2.49. The van der Waals surface area contributed by atoms with Crippen LogP contribution >= 0.6 is 0 Å². The zero-order valence-corrected chi connectivity index (χ0v) is 20.0. The Kier molecular flexibility index (Phi) is 6.17. The number of piperazine rings is 1. The van der Waals surface area contributed by atoms with Gasteiger partial charge in [-0.2, -0.15) is 4.68 Å². The quantitative estimate of drug-likeness (QED) is 0.422. The van der Waals surface area contributed by atoms with Crippen molar-refractivity contribution in [3.05, 3.63) is 60.4 Å². The standard InChI is InChI=1S/C25H27N7O3/c1-17(2)35-21-8-4-18(5-9-21)25(33)31-14-12-30(13-15-31)23-22-24(27-16-26-23)32(29-28-22)19-6-10-20(34-3)11-7-19/h4-11,16-17H,12-15H2,1-3H3. The monoisotopic (exact) mass is 473 g/mol. The van der Waals surface area contributed by atoms with Crippen molar-refractivity contribution in [2.45, 2.75) is 20.0 Å². The Labute approximate surface area is 203 Å². The molecule has 2 aromatic carbocycles. The van der Waals surface area contributed by atoms with Crippen molar-refractivity contribution in [2.75, 3.05) is 38.2 Å². The van der Waals surface area contributed by atoms with Crippen LogP contribution in [0.4, 0.5) is 5.82 Å². The summed E-state index contributed by atoms with van der Waals surface area (Å²) in [6.45, 7) is 6.40. The fourth-order valence-electron chi connectivity index (χ4n) is 4.12. The summed E-state index contributed by atoms with van der Waals surface area (Å²) in [5.74, 6) is 2.26. The number of ether oxygens (including phenoxy) is 2. The van der Waals surface area contributed by atoms with Gasteiger partial charge >= 0.3 is 0 Å². The van der Waals surface area contributed by atoms with E-state index >= 15 is 0 Å². The van der Waals surface area contributed by atoms with Gasteiger partial charge in [-0.3, -0.25) is 4.79 Å². The summed E-state index contributed by atoms with van der Waals surface area (Å²) in [6, 6.07) is 14.9. The Hall–Kier alpha value is -4.21. The van der Waals surface area contributed by atoms with Crippen LogP contribution < -0.4 is 14.4 Å². The molecule has 180 valence electrons. The maximum Gasteiger partial charge on any atom is 0.253 e. The normalized spacial score (nSPS) is 13.9. The smallest absolute Gasteiger partial charge is 0.253 e. The van der Waals surface area contributed by atoms with Crippen LogP contribution in [0, 0.1) is 0 Å². The van der Waals surface area contributed by atoms with Crippen molar-refractivity contribution in [2.24, 2.45) is 0 Å². The van der Waals surface area contributed by atoms with Gasteiger partial charge in [-0.05, 0) is 62.4 Å². The van der Waals surface area contributed by atoms with E-state index in [1.807, 2.05) is 67.3 Å². The first-order valence-corrected chi connectivity index (χ1v) is 11.6. The largest absolute Gasteiger partial charge is 0.497 e. The number of aromatic nitrogens is 5. The lowest BCUT2D eigenvalue weighted by atomic mass is 10.1. The molecule has 0 spiro atoms. The molecule has 35 heavy (non-hydrogen) atoms. The minimum absolute atomic E-state index is 0.0130. The van der Waals surface area contributed by atoms with Crippen molar-refractivity contribution in [3.63, 3.8) is 0 Å². The van der Waals surface area contributed by atoms with E-state index in [9.17, 15) is 4.79 Å². The van der Waals surface area contributed by atoms with Gasteiger partial charge in [-0.15, -0.1) is 5.10 Å². The molecule has 0 saturated carbocycles. The molecule has 0 unspecified atom stereocenters. The van der Waals surface area contributed by atoms with E-state index in [0.717, 1.165) is 23.0 Å². The van der Waals surface area contributed by atoms with Gasteiger partial charge < -0.3 is 19.3 Å². The number of carbonyl (C=O) groups is 1. The van der Waals surface area contributed by atoms with Crippen molar-refractivity contribution >= 4 is 22.9 Å². The van der Waals surface area contributed by atoms with Gasteiger partial charge in [0.2, 0.25) is 0 Å². The molecule has 5 rings (SSSR count). The summed E-state index contributed by atoms with van der Waals surface area (Å²) in [7, 11) is 1.63. The molecule has 1 aliphatic heterocycles. The van der Waals surface area contributed by atoms with Crippen molar-refractivity contribution in [3.8, 4) is 17.2 Å². The second-order valence-corrected chi connectivity index (χ2v) is 8.54. The highest BCUT2D eigenvalue weighted by Gasteiger charge is 2.25. The Morgan fingerprint density at radius 1 is 0.914 bits per heavy atom. The van der Waals surface area contributed by atoms with E-state index in [-0.39, 0.29) is 12.0 Å². The summed E-state index contributed by atoms with van der Waals surface area (Å²) < 4.78 is 12.6. The first-order valence-electron chi connectivity index (χ1n) is 11.6. The molecule has 3 heterocycles. The fourth-order valence-corrected chi connectivity index (χ4v) is 4.12. The maximum absolute atomic E-state index is 13.0. The molecule has 0 aliphatic carbocycles. The van der Waals surface area contributed by atoms with E-state index in [0.29, 0.717) is 42.9 Å². The summed E-state index contributed by atoms with van der Waals surface area (Å²) in [4.78, 5) is 25.9. The van der Waals surface area contributed by atoms with Gasteiger partial charge in [0.15, 0.2) is 17.0 Å². The molecule has 10 heteroatoms. The Morgan fingerprint density at radius 3 is 2.26 bits per heavy atom. The van der Waals surface area contributed by atoms with Gasteiger partial charge in [0, 0.05) is 31.7 Å². The van der Waals surface area contributed by atoms with Crippen molar-refractivity contribution < 1.29 is 14.3 Å². The first kappa shape index (κ1) is 22.6. The summed E-state index contributed by atoms with van der Waals surface area (Å²) in [5.41, 5.74) is 2.74. The Balaban J connectivity index is 1.29. The van der Waals surface area contributed by atoms with Gasteiger partial charge in [-0.1, -0.05) is 5.21 Å². The third-order valence-corrected chi connectivity index (χ3v) is 5.87. The minimum atomic E-state index is 0.0130. The SMILES string of the molecule is COc1ccc(-n2nnc3c(N4CCN(C(=O)c5ccc(OC(C)C)cc5)CC4)ncnc32)cc1. The van der Waals surface area contributed by atoms with Crippen LogP contribution in [0.1, 0.15) is 24.2 Å². The number of anilines is 1. The highest BCUT2D eigenvalue weighted by atomic mass is 16.5. The molecule has 10 nitrogen and oxygen atoms in total. The molecule has 0 radical (unpaired) electrons. The molecule has 0 N–H and O–H groups in total. The van der Waals surface area contributed by atoms with Crippen LogP contribution in [0.25, 0.3) is 16.9 Å². The van der Waals surface area contributed by atoms with Crippen LogP contribution in [-0.4, -0.2) is 75.2 Å². The van der Waals surface area contributed by atoms with Crippen LogP contribution in [0.15, 0.2) is 54.9 Å². The van der Waals surface area contributed by atoms with Gasteiger partial charge in [0.1, 0.15) is 17.8 Å². The molecule has 2 aromatic heterocycles. The molecule has 1 amide bonds. The fraction of sp³-hybridized carbons (Fsp3) is 0.320. The number of amides is 1. The second kappa shape index (κ2) is 9.57. The highest BCUT2D eigenvalue weighted by Crippen LogP contribution is 2.25. The molecular formula is C25H27N7O3. The lowest BCUT2D eigenvalue weighted by molar-refractivity contribution is 0.0746. The number of hydrogen-bond donors (Lipinski definition) is 0. The lowest BCUT2D eigenvalue weighted by Gasteiger charge is -2.35. The zero-order chi connectivity index (χ0) is 24.4. The van der Waals surface area contributed by atoms with Crippen LogP contribution in [0.3, 0.4) is 0 Å². The minimum Gasteiger partial charge on any atom is -0.497 e. The number of rotatable bonds is 6. The molecule has 0 atom stereocenters. The topological polar surface area (TPSA) is 98.5 Å². The van der Waals surface area contributed by atoms with Crippen LogP contribution in [-0.2, 0) is 0 Å². The Bertz CT molecular complexity index is 1310. The Morgan fingerprint density at radius 2 is 1.60 bits per heavy atom. The van der Waals surface area contributed by atoms with E-state index < -0.39 is 0 Å². The first-order chi connectivity index (χ1) is 17.0. The van der Waals surface area contributed by atoms with E-state index in [4.69, 9.17) is 9.47 Å². The van der Waals surface area contributed by atoms with E-state index in [1.54, 1.807) is 11.8 Å². The molecule has 0 bridgehead atoms. The van der Waals surface area contributed by atoms with Gasteiger partial charge in [-0.25, -0.2) is 9.97 Å². The molecule has 1 aliphatic rings. The van der Waals surface area contributed by atoms with Gasteiger partial charge in [0.25, 0.3) is 5.91 Å². The van der Waals surface area contributed by atoms with Crippen LogP contribution in [0.5, 0.6) is 11.5 Å². The van der Waals surface area contributed by atoms with E-state index in [2.05, 4.69) is 25.2 Å². The van der Waals surface area contributed by atoms with E-state index in [1.165, 1.54) is 6.33 Å². The number of hydrogen-bond acceptors (Lipinski definition) is 8. The number of carbonyl (C=O) groups excluding carboxylic acids is 1. The molecule has 1 fully saturated rings. The number of benzene rings is 2. The predicted octanol–water partition coefficient (Wildman–Crippen LogP) is 2.97. The number of methoxy groups -OCH3 is 1.